The van der Waals surface area contributed by atoms with Crippen LogP contribution in [0, 0.1) is 5.92 Å². The third-order valence-corrected chi connectivity index (χ3v) is 4.01. The topological polar surface area (TPSA) is 12.0 Å². The summed E-state index contributed by atoms with van der Waals surface area (Å²) in [5.74, 6) is 0.654. The van der Waals surface area contributed by atoms with Crippen LogP contribution in [0.2, 0.25) is 5.02 Å². The van der Waals surface area contributed by atoms with Crippen molar-refractivity contribution in [2.45, 2.75) is 24.0 Å². The molecule has 1 atom stereocenters. The third-order valence-electron chi connectivity index (χ3n) is 2.23. The fraction of sp³-hybridized carbons (Fsp3) is 0.500. The fourth-order valence-electron chi connectivity index (χ4n) is 1.33. The Balaban J connectivity index is 2.65. The molecule has 0 heterocycles. The number of halogens is 1. The van der Waals surface area contributed by atoms with Crippen LogP contribution in [0.3, 0.4) is 0 Å². The normalized spacial score (nSPS) is 13.1. The fourth-order valence-corrected chi connectivity index (χ4v) is 2.81. The highest BCUT2D eigenvalue weighted by Crippen LogP contribution is 2.29. The lowest BCUT2D eigenvalue weighted by Gasteiger charge is -2.19. The van der Waals surface area contributed by atoms with Crippen LogP contribution >= 0.6 is 23.4 Å². The van der Waals surface area contributed by atoms with E-state index in [1.807, 2.05) is 37.0 Å². The molecule has 1 nitrogen and oxygen atoms in total. The van der Waals surface area contributed by atoms with Crippen LogP contribution in [0.1, 0.15) is 13.8 Å². The Morgan fingerprint density at radius 1 is 1.40 bits per heavy atom. The molecule has 0 saturated heterocycles. The van der Waals surface area contributed by atoms with Gasteiger partial charge in [-0.2, -0.15) is 0 Å². The zero-order chi connectivity index (χ0) is 11.3. The first kappa shape index (κ1) is 12.9. The van der Waals surface area contributed by atoms with Crippen molar-refractivity contribution in [1.29, 1.82) is 0 Å². The summed E-state index contributed by atoms with van der Waals surface area (Å²) in [4.78, 5) is 1.25. The highest BCUT2D eigenvalue weighted by atomic mass is 35.5. The minimum atomic E-state index is 0.591. The van der Waals surface area contributed by atoms with E-state index in [4.69, 9.17) is 11.6 Å². The van der Waals surface area contributed by atoms with Crippen LogP contribution < -0.4 is 5.32 Å². The van der Waals surface area contributed by atoms with Gasteiger partial charge in [-0.15, -0.1) is 11.8 Å². The number of hydrogen-bond acceptors (Lipinski definition) is 2. The quantitative estimate of drug-likeness (QED) is 0.792. The van der Waals surface area contributed by atoms with E-state index in [-0.39, 0.29) is 0 Å². The van der Waals surface area contributed by atoms with Gasteiger partial charge in [-0.3, -0.25) is 0 Å². The molecule has 0 saturated carbocycles. The van der Waals surface area contributed by atoms with Gasteiger partial charge in [0.25, 0.3) is 0 Å². The maximum Gasteiger partial charge on any atom is 0.0417 e. The number of rotatable bonds is 5. The average molecular weight is 244 g/mol. The molecule has 1 N–H and O–H groups in total. The molecule has 1 unspecified atom stereocenters. The molecule has 0 aliphatic rings. The molecule has 0 aliphatic carbocycles. The molecular formula is C12H18ClNS. The van der Waals surface area contributed by atoms with Crippen molar-refractivity contribution in [3.8, 4) is 0 Å². The van der Waals surface area contributed by atoms with Crippen LogP contribution in [0.25, 0.3) is 0 Å². The van der Waals surface area contributed by atoms with Gasteiger partial charge in [0, 0.05) is 21.7 Å². The van der Waals surface area contributed by atoms with Gasteiger partial charge < -0.3 is 5.32 Å². The number of thioether (sulfide) groups is 1. The molecule has 1 aromatic carbocycles. The predicted molar refractivity (Wildman–Crippen MR) is 69.9 cm³/mol. The molecule has 0 spiro atoms. The highest BCUT2D eigenvalue weighted by Gasteiger charge is 2.13. The van der Waals surface area contributed by atoms with Gasteiger partial charge >= 0.3 is 0 Å². The Morgan fingerprint density at radius 3 is 2.67 bits per heavy atom. The monoisotopic (exact) mass is 243 g/mol. The molecule has 1 aromatic rings. The summed E-state index contributed by atoms with van der Waals surface area (Å²) in [5, 5.41) is 4.63. The SMILES string of the molecule is CNCC(Sc1cccc(Cl)c1)C(C)C. The van der Waals surface area contributed by atoms with Crippen LogP contribution in [0.5, 0.6) is 0 Å². The van der Waals surface area contributed by atoms with E-state index in [9.17, 15) is 0 Å². The largest absolute Gasteiger partial charge is 0.319 e. The Bertz CT molecular complexity index is 301. The maximum absolute atomic E-state index is 5.96. The van der Waals surface area contributed by atoms with E-state index in [0.29, 0.717) is 11.2 Å². The molecule has 3 heteroatoms. The molecule has 0 amide bonds. The first-order valence-electron chi connectivity index (χ1n) is 5.20. The molecule has 15 heavy (non-hydrogen) atoms. The lowest BCUT2D eigenvalue weighted by molar-refractivity contribution is 0.579. The molecule has 0 radical (unpaired) electrons. The van der Waals surface area contributed by atoms with Gasteiger partial charge in [-0.25, -0.2) is 0 Å². The first-order valence-corrected chi connectivity index (χ1v) is 6.46. The highest BCUT2D eigenvalue weighted by molar-refractivity contribution is 8.00. The predicted octanol–water partition coefficient (Wildman–Crippen LogP) is 3.68. The van der Waals surface area contributed by atoms with E-state index < -0.39 is 0 Å². The van der Waals surface area contributed by atoms with E-state index in [1.54, 1.807) is 0 Å². The van der Waals surface area contributed by atoms with Crippen LogP contribution in [-0.4, -0.2) is 18.8 Å². The summed E-state index contributed by atoms with van der Waals surface area (Å²) in [6.07, 6.45) is 0. The summed E-state index contributed by atoms with van der Waals surface area (Å²) >= 11 is 7.84. The molecule has 84 valence electrons. The summed E-state index contributed by atoms with van der Waals surface area (Å²) in [7, 11) is 1.99. The Labute approximate surface area is 102 Å². The standard InChI is InChI=1S/C12H18ClNS/c1-9(2)12(8-14-3)15-11-6-4-5-10(13)7-11/h4-7,9,12,14H,8H2,1-3H3. The minimum Gasteiger partial charge on any atom is -0.319 e. The number of nitrogens with one attached hydrogen (secondary N) is 1. The summed E-state index contributed by atoms with van der Waals surface area (Å²) in [6, 6.07) is 8.05. The van der Waals surface area contributed by atoms with E-state index in [2.05, 4.69) is 25.2 Å². The first-order chi connectivity index (χ1) is 7.13. The van der Waals surface area contributed by atoms with E-state index in [1.165, 1.54) is 4.90 Å². The molecule has 0 aliphatic heterocycles. The van der Waals surface area contributed by atoms with Crippen molar-refractivity contribution in [3.05, 3.63) is 29.3 Å². The van der Waals surface area contributed by atoms with Gasteiger partial charge in [0.1, 0.15) is 0 Å². The number of benzene rings is 1. The second-order valence-corrected chi connectivity index (χ2v) is 5.66. The smallest absolute Gasteiger partial charge is 0.0417 e. The van der Waals surface area contributed by atoms with Crippen molar-refractivity contribution in [2.75, 3.05) is 13.6 Å². The minimum absolute atomic E-state index is 0.591. The maximum atomic E-state index is 5.96. The van der Waals surface area contributed by atoms with Crippen LogP contribution in [0.15, 0.2) is 29.2 Å². The lowest BCUT2D eigenvalue weighted by Crippen LogP contribution is -2.25. The molecule has 0 aromatic heterocycles. The molecule has 0 bridgehead atoms. The van der Waals surface area contributed by atoms with Crippen molar-refractivity contribution >= 4 is 23.4 Å². The van der Waals surface area contributed by atoms with Crippen molar-refractivity contribution in [3.63, 3.8) is 0 Å². The molecule has 0 fully saturated rings. The second kappa shape index (κ2) is 6.41. The van der Waals surface area contributed by atoms with Gasteiger partial charge in [0.15, 0.2) is 0 Å². The zero-order valence-corrected chi connectivity index (χ0v) is 11.0. The van der Waals surface area contributed by atoms with Gasteiger partial charge in [-0.1, -0.05) is 31.5 Å². The Hall–Kier alpha value is -0.180. The van der Waals surface area contributed by atoms with Gasteiger partial charge in [-0.05, 0) is 31.2 Å². The second-order valence-electron chi connectivity index (χ2n) is 3.92. The Kier molecular flexibility index (Phi) is 5.51. The molecule has 1 rings (SSSR count). The van der Waals surface area contributed by atoms with Crippen molar-refractivity contribution in [2.24, 2.45) is 5.92 Å². The van der Waals surface area contributed by atoms with Gasteiger partial charge in [0.2, 0.25) is 0 Å². The average Bonchev–Trinajstić information content (AvgIpc) is 2.17. The summed E-state index contributed by atoms with van der Waals surface area (Å²) in [6.45, 7) is 5.52. The zero-order valence-electron chi connectivity index (χ0n) is 9.46. The van der Waals surface area contributed by atoms with Crippen molar-refractivity contribution in [1.82, 2.24) is 5.32 Å². The summed E-state index contributed by atoms with van der Waals surface area (Å²) in [5.41, 5.74) is 0. The Morgan fingerprint density at radius 2 is 2.13 bits per heavy atom. The lowest BCUT2D eigenvalue weighted by atomic mass is 10.1. The third kappa shape index (κ3) is 4.45. The van der Waals surface area contributed by atoms with E-state index >= 15 is 0 Å². The van der Waals surface area contributed by atoms with Gasteiger partial charge in [0.05, 0.1) is 0 Å². The van der Waals surface area contributed by atoms with Crippen LogP contribution in [-0.2, 0) is 0 Å². The van der Waals surface area contributed by atoms with Crippen LogP contribution in [0.4, 0.5) is 0 Å². The molecular weight excluding hydrogens is 226 g/mol. The van der Waals surface area contributed by atoms with E-state index in [0.717, 1.165) is 11.6 Å². The summed E-state index contributed by atoms with van der Waals surface area (Å²) < 4.78 is 0. The van der Waals surface area contributed by atoms with Crippen molar-refractivity contribution < 1.29 is 0 Å². The number of hydrogen-bond donors (Lipinski definition) is 1.